The monoisotopic (exact) mass is 385 g/mol. The fourth-order valence-electron chi connectivity index (χ4n) is 3.52. The number of benzene rings is 2. The summed E-state index contributed by atoms with van der Waals surface area (Å²) in [5.41, 5.74) is 7.76. The van der Waals surface area contributed by atoms with E-state index in [1.807, 2.05) is 30.3 Å². The third-order valence-corrected chi connectivity index (χ3v) is 6.69. The predicted molar refractivity (Wildman–Crippen MR) is 103 cm³/mol. The zero-order valence-corrected chi connectivity index (χ0v) is 15.7. The van der Waals surface area contributed by atoms with Crippen LogP contribution in [-0.2, 0) is 10.0 Å². The quantitative estimate of drug-likeness (QED) is 0.819. The highest BCUT2D eigenvalue weighted by molar-refractivity contribution is 7.89. The number of carbonyl (C=O) groups excluding carboxylic acids is 1. The minimum atomic E-state index is -3.59. The van der Waals surface area contributed by atoms with Crippen molar-refractivity contribution in [1.29, 1.82) is 0 Å². The van der Waals surface area contributed by atoms with Crippen LogP contribution in [0.1, 0.15) is 34.7 Å². The van der Waals surface area contributed by atoms with Crippen LogP contribution in [-0.4, -0.2) is 44.4 Å². The van der Waals surface area contributed by atoms with Crippen molar-refractivity contribution >= 4 is 15.9 Å². The van der Waals surface area contributed by atoms with Gasteiger partial charge in [-0.05, 0) is 36.6 Å². The molecule has 1 aliphatic heterocycles. The largest absolute Gasteiger partial charge is 0.336 e. The summed E-state index contributed by atoms with van der Waals surface area (Å²) in [5, 5.41) is 0. The number of sulfonamides is 1. The van der Waals surface area contributed by atoms with Crippen LogP contribution < -0.4 is 10.5 Å². The molecular weight excluding hydrogens is 362 g/mol. The van der Waals surface area contributed by atoms with Crippen molar-refractivity contribution < 1.29 is 13.2 Å². The van der Waals surface area contributed by atoms with E-state index in [4.69, 9.17) is 5.73 Å². The molecule has 0 spiro atoms. The topological polar surface area (TPSA) is 92.5 Å². The summed E-state index contributed by atoms with van der Waals surface area (Å²) < 4.78 is 27.5. The lowest BCUT2D eigenvalue weighted by atomic mass is 9.95. The molecule has 0 aromatic heterocycles. The van der Waals surface area contributed by atoms with Crippen LogP contribution in [0.2, 0.25) is 0 Å². The zero-order chi connectivity index (χ0) is 19.0. The average Bonchev–Trinajstić information content (AvgIpc) is 3.39. The summed E-state index contributed by atoms with van der Waals surface area (Å²) in [6.45, 7) is 0.983. The van der Waals surface area contributed by atoms with Crippen molar-refractivity contribution in [1.82, 2.24) is 9.62 Å². The molecule has 2 fully saturated rings. The van der Waals surface area contributed by atoms with Gasteiger partial charge >= 0.3 is 0 Å². The van der Waals surface area contributed by atoms with Crippen LogP contribution in [0.5, 0.6) is 0 Å². The van der Waals surface area contributed by atoms with E-state index in [0.29, 0.717) is 18.7 Å². The number of nitrogens with one attached hydrogen (secondary N) is 1. The molecule has 1 heterocycles. The number of nitrogens with two attached hydrogens (primary N) is 1. The van der Waals surface area contributed by atoms with Gasteiger partial charge < -0.3 is 10.6 Å². The zero-order valence-electron chi connectivity index (χ0n) is 14.9. The van der Waals surface area contributed by atoms with Crippen molar-refractivity contribution in [2.24, 2.45) is 5.73 Å². The highest BCUT2D eigenvalue weighted by atomic mass is 32.2. The minimum Gasteiger partial charge on any atom is -0.336 e. The Kier molecular flexibility index (Phi) is 4.75. The first kappa shape index (κ1) is 18.2. The van der Waals surface area contributed by atoms with E-state index < -0.39 is 10.0 Å². The minimum absolute atomic E-state index is 0.0255. The molecule has 1 amide bonds. The molecule has 3 N–H and O–H groups in total. The lowest BCUT2D eigenvalue weighted by Gasteiger charge is -2.17. The second kappa shape index (κ2) is 7.07. The molecule has 2 aliphatic rings. The summed E-state index contributed by atoms with van der Waals surface area (Å²) in [7, 11) is -3.59. The van der Waals surface area contributed by atoms with Gasteiger partial charge in [0, 0.05) is 36.7 Å². The molecule has 1 saturated carbocycles. The Morgan fingerprint density at radius 2 is 1.78 bits per heavy atom. The van der Waals surface area contributed by atoms with Gasteiger partial charge in [-0.15, -0.1) is 0 Å². The average molecular weight is 385 g/mol. The van der Waals surface area contributed by atoms with Gasteiger partial charge in [-0.3, -0.25) is 4.79 Å². The Morgan fingerprint density at radius 1 is 1.04 bits per heavy atom. The maximum Gasteiger partial charge on any atom is 0.253 e. The lowest BCUT2D eigenvalue weighted by Crippen LogP contribution is -2.32. The van der Waals surface area contributed by atoms with Crippen LogP contribution in [0, 0.1) is 0 Å². The Labute approximate surface area is 159 Å². The summed E-state index contributed by atoms with van der Waals surface area (Å²) in [6, 6.07) is 16.1. The van der Waals surface area contributed by atoms with E-state index in [9.17, 15) is 13.2 Å². The van der Waals surface area contributed by atoms with E-state index in [1.54, 1.807) is 17.0 Å². The molecule has 7 heteroatoms. The first-order chi connectivity index (χ1) is 12.9. The van der Waals surface area contributed by atoms with E-state index in [1.165, 1.54) is 12.1 Å². The molecular formula is C20H23N3O3S. The van der Waals surface area contributed by atoms with Gasteiger partial charge in [0.1, 0.15) is 0 Å². The maximum absolute atomic E-state index is 12.9. The molecule has 2 aromatic carbocycles. The van der Waals surface area contributed by atoms with Gasteiger partial charge in [0.25, 0.3) is 5.91 Å². The fourth-order valence-corrected chi connectivity index (χ4v) is 4.87. The van der Waals surface area contributed by atoms with Crippen molar-refractivity contribution in [3.8, 4) is 0 Å². The van der Waals surface area contributed by atoms with E-state index in [-0.39, 0.29) is 28.8 Å². The molecule has 1 aliphatic carbocycles. The first-order valence-corrected chi connectivity index (χ1v) is 10.6. The molecule has 142 valence electrons. The third-order valence-electron chi connectivity index (χ3n) is 5.17. The Balaban J connectivity index is 1.52. The fraction of sp³-hybridized carbons (Fsp3) is 0.350. The number of hydrogen-bond acceptors (Lipinski definition) is 4. The Morgan fingerprint density at radius 3 is 2.48 bits per heavy atom. The highest BCUT2D eigenvalue weighted by Gasteiger charge is 2.34. The molecule has 27 heavy (non-hydrogen) atoms. The van der Waals surface area contributed by atoms with Crippen LogP contribution in [0.15, 0.2) is 59.5 Å². The summed E-state index contributed by atoms with van der Waals surface area (Å²) >= 11 is 0. The molecule has 1 saturated heterocycles. The number of hydrogen-bond donors (Lipinski definition) is 2. The van der Waals surface area contributed by atoms with Crippen LogP contribution in [0.4, 0.5) is 0 Å². The van der Waals surface area contributed by atoms with Crippen LogP contribution in [0.25, 0.3) is 0 Å². The Bertz CT molecular complexity index is 942. The second-order valence-electron chi connectivity index (χ2n) is 7.31. The highest BCUT2D eigenvalue weighted by Crippen LogP contribution is 2.28. The first-order valence-electron chi connectivity index (χ1n) is 9.16. The lowest BCUT2D eigenvalue weighted by molar-refractivity contribution is 0.0789. The van der Waals surface area contributed by atoms with Crippen LogP contribution in [0.3, 0.4) is 0 Å². The number of amides is 1. The second-order valence-corrected chi connectivity index (χ2v) is 9.03. The molecule has 4 rings (SSSR count). The number of rotatable bonds is 5. The summed E-state index contributed by atoms with van der Waals surface area (Å²) in [6.07, 6.45) is 1.73. The maximum atomic E-state index is 12.9. The summed E-state index contributed by atoms with van der Waals surface area (Å²) in [5.74, 6) is -0.106. The van der Waals surface area contributed by atoms with Gasteiger partial charge in [0.2, 0.25) is 10.0 Å². The van der Waals surface area contributed by atoms with Crippen LogP contribution >= 0.6 is 0 Å². The molecule has 6 nitrogen and oxygen atoms in total. The van der Waals surface area contributed by atoms with Gasteiger partial charge in [-0.1, -0.05) is 36.4 Å². The van der Waals surface area contributed by atoms with Gasteiger partial charge in [0.05, 0.1) is 4.90 Å². The van der Waals surface area contributed by atoms with Gasteiger partial charge in [0.15, 0.2) is 0 Å². The number of nitrogens with zero attached hydrogens (tertiary/aromatic N) is 1. The number of carbonyl (C=O) groups is 1. The third kappa shape index (κ3) is 3.90. The predicted octanol–water partition coefficient (Wildman–Crippen LogP) is 1.69. The van der Waals surface area contributed by atoms with Crippen molar-refractivity contribution in [3.63, 3.8) is 0 Å². The SMILES string of the molecule is N[C@@H]1CN(C(=O)c2cccc(S(=O)(=O)NC3CC3)c2)C[C@H]1c1ccccc1. The van der Waals surface area contributed by atoms with E-state index in [0.717, 1.165) is 18.4 Å². The molecule has 0 radical (unpaired) electrons. The summed E-state index contributed by atoms with van der Waals surface area (Å²) in [4.78, 5) is 14.8. The molecule has 0 bridgehead atoms. The smallest absolute Gasteiger partial charge is 0.253 e. The Hall–Kier alpha value is -2.22. The normalized spacial score (nSPS) is 22.8. The van der Waals surface area contributed by atoms with Gasteiger partial charge in [-0.2, -0.15) is 0 Å². The molecule has 0 unspecified atom stereocenters. The van der Waals surface area contributed by atoms with Crippen molar-refractivity contribution in [3.05, 3.63) is 65.7 Å². The van der Waals surface area contributed by atoms with E-state index >= 15 is 0 Å². The van der Waals surface area contributed by atoms with Gasteiger partial charge in [-0.25, -0.2) is 13.1 Å². The molecule has 2 atom stereocenters. The van der Waals surface area contributed by atoms with E-state index in [2.05, 4.69) is 4.72 Å². The standard InChI is InChI=1S/C20H23N3O3S/c21-19-13-23(12-18(19)14-5-2-1-3-6-14)20(24)15-7-4-8-17(11-15)27(25,26)22-16-9-10-16/h1-8,11,16,18-19,22H,9-10,12-13,21H2/t18-,19+/m0/s1. The number of likely N-dealkylation sites (tertiary alicyclic amines) is 1. The van der Waals surface area contributed by atoms with Crippen molar-refractivity contribution in [2.45, 2.75) is 35.7 Å². The van der Waals surface area contributed by atoms with Crippen molar-refractivity contribution in [2.75, 3.05) is 13.1 Å². The molecule has 2 aromatic rings.